The molecular weight excluding hydrogens is 394 g/mol. The van der Waals surface area contributed by atoms with Crippen molar-refractivity contribution in [2.75, 3.05) is 11.1 Å². The van der Waals surface area contributed by atoms with E-state index in [4.69, 9.17) is 4.42 Å². The fraction of sp³-hybridized carbons (Fsp3) is 0.158. The Hall–Kier alpha value is -2.91. The van der Waals surface area contributed by atoms with E-state index < -0.39 is 0 Å². The minimum Gasteiger partial charge on any atom is -0.461 e. The average molecular weight is 412 g/mol. The summed E-state index contributed by atoms with van der Waals surface area (Å²) in [5.74, 6) is 1.35. The first-order valence-corrected chi connectivity index (χ1v) is 10.4. The van der Waals surface area contributed by atoms with E-state index in [9.17, 15) is 4.79 Å². The highest BCUT2D eigenvalue weighted by atomic mass is 32.2. The highest BCUT2D eigenvalue weighted by molar-refractivity contribution is 7.99. The van der Waals surface area contributed by atoms with E-state index in [0.717, 1.165) is 11.3 Å². The lowest BCUT2D eigenvalue weighted by Crippen LogP contribution is -2.14. The van der Waals surface area contributed by atoms with Gasteiger partial charge in [0.05, 0.1) is 24.3 Å². The van der Waals surface area contributed by atoms with E-state index >= 15 is 0 Å². The second-order valence-corrected chi connectivity index (χ2v) is 7.79. The maximum absolute atomic E-state index is 12.3. The van der Waals surface area contributed by atoms with Crippen LogP contribution in [-0.4, -0.2) is 31.4 Å². The van der Waals surface area contributed by atoms with Crippen LogP contribution in [0.2, 0.25) is 0 Å². The van der Waals surface area contributed by atoms with Crippen LogP contribution in [0.1, 0.15) is 11.3 Å². The molecule has 9 heteroatoms. The number of aromatic nitrogens is 4. The van der Waals surface area contributed by atoms with Crippen molar-refractivity contribution in [3.8, 4) is 11.6 Å². The van der Waals surface area contributed by atoms with Crippen LogP contribution in [-0.2, 0) is 11.3 Å². The first-order valence-electron chi connectivity index (χ1n) is 8.55. The number of nitrogens with one attached hydrogen (secondary N) is 1. The molecule has 0 atom stereocenters. The van der Waals surface area contributed by atoms with Gasteiger partial charge in [-0.15, -0.1) is 21.5 Å². The van der Waals surface area contributed by atoms with Crippen molar-refractivity contribution in [1.29, 1.82) is 0 Å². The third-order valence-corrected chi connectivity index (χ3v) is 5.68. The number of rotatable bonds is 7. The summed E-state index contributed by atoms with van der Waals surface area (Å²) in [5, 5.41) is 14.5. The van der Waals surface area contributed by atoms with Crippen LogP contribution in [0.3, 0.4) is 0 Å². The van der Waals surface area contributed by atoms with Gasteiger partial charge in [0.1, 0.15) is 0 Å². The van der Waals surface area contributed by atoms with E-state index in [1.165, 1.54) is 23.1 Å². The first kappa shape index (κ1) is 18.5. The molecule has 0 saturated carbocycles. The van der Waals surface area contributed by atoms with Crippen molar-refractivity contribution >= 4 is 34.1 Å². The zero-order chi connectivity index (χ0) is 19.3. The van der Waals surface area contributed by atoms with E-state index in [1.54, 1.807) is 6.26 Å². The number of carbonyl (C=O) groups excluding carboxylic acids is 1. The van der Waals surface area contributed by atoms with Gasteiger partial charge in [-0.3, -0.25) is 9.36 Å². The molecule has 0 aliphatic carbocycles. The Morgan fingerprint density at radius 3 is 2.79 bits per heavy atom. The van der Waals surface area contributed by atoms with E-state index in [-0.39, 0.29) is 11.7 Å². The largest absolute Gasteiger partial charge is 0.461 e. The maximum Gasteiger partial charge on any atom is 0.236 e. The number of benzene rings is 1. The van der Waals surface area contributed by atoms with Crippen LogP contribution in [0.15, 0.2) is 63.7 Å². The molecule has 1 N–H and O–H groups in total. The second kappa shape index (κ2) is 8.41. The summed E-state index contributed by atoms with van der Waals surface area (Å²) < 4.78 is 7.46. The summed E-state index contributed by atoms with van der Waals surface area (Å²) in [7, 11) is 0. The number of furan rings is 1. The van der Waals surface area contributed by atoms with Crippen molar-refractivity contribution in [1.82, 2.24) is 19.7 Å². The number of carbonyl (C=O) groups is 1. The van der Waals surface area contributed by atoms with Gasteiger partial charge in [-0.25, -0.2) is 4.98 Å². The zero-order valence-electron chi connectivity index (χ0n) is 15.0. The predicted octanol–water partition coefficient (Wildman–Crippen LogP) is 4.08. The van der Waals surface area contributed by atoms with E-state index in [2.05, 4.69) is 20.5 Å². The highest BCUT2D eigenvalue weighted by Gasteiger charge is 2.18. The lowest BCUT2D eigenvalue weighted by molar-refractivity contribution is -0.113. The maximum atomic E-state index is 12.3. The van der Waals surface area contributed by atoms with Gasteiger partial charge in [-0.2, -0.15) is 0 Å². The molecule has 4 rings (SSSR count). The quantitative estimate of drug-likeness (QED) is 0.461. The van der Waals surface area contributed by atoms with Gasteiger partial charge in [0, 0.05) is 5.38 Å². The molecule has 0 saturated heterocycles. The molecule has 142 valence electrons. The lowest BCUT2D eigenvalue weighted by atomic mass is 10.2. The Kier molecular flexibility index (Phi) is 5.54. The van der Waals surface area contributed by atoms with Crippen LogP contribution in [0.25, 0.3) is 11.6 Å². The van der Waals surface area contributed by atoms with Crippen LogP contribution < -0.4 is 5.32 Å². The summed E-state index contributed by atoms with van der Waals surface area (Å²) in [6.07, 6.45) is 1.60. The second-order valence-electron chi connectivity index (χ2n) is 5.99. The molecule has 7 nitrogen and oxygen atoms in total. The minimum absolute atomic E-state index is 0.131. The summed E-state index contributed by atoms with van der Waals surface area (Å²) in [6, 6.07) is 13.7. The van der Waals surface area contributed by atoms with Gasteiger partial charge >= 0.3 is 0 Å². The molecule has 0 aliphatic rings. The minimum atomic E-state index is -0.131. The molecule has 0 bridgehead atoms. The van der Waals surface area contributed by atoms with Gasteiger partial charge in [0.25, 0.3) is 0 Å². The summed E-state index contributed by atoms with van der Waals surface area (Å²) >= 11 is 2.74. The monoisotopic (exact) mass is 411 g/mol. The Labute approximate surface area is 169 Å². The van der Waals surface area contributed by atoms with Gasteiger partial charge in [0.15, 0.2) is 16.0 Å². The highest BCUT2D eigenvalue weighted by Crippen LogP contribution is 2.26. The molecular formula is C19H17N5O2S2. The van der Waals surface area contributed by atoms with E-state index in [0.29, 0.717) is 28.4 Å². The number of thioether (sulfide) groups is 1. The third kappa shape index (κ3) is 4.32. The number of aryl methyl sites for hydroxylation is 1. The van der Waals surface area contributed by atoms with E-state index in [1.807, 2.05) is 59.3 Å². The summed E-state index contributed by atoms with van der Waals surface area (Å²) in [5.41, 5.74) is 2.00. The third-order valence-electron chi connectivity index (χ3n) is 3.84. The Morgan fingerprint density at radius 1 is 1.21 bits per heavy atom. The standard InChI is InChI=1S/C19H17N5O2S2/c1-13-11-27-18(20-13)21-16(25)12-28-19-23-22-17(15-8-5-9-26-15)24(19)10-14-6-3-2-4-7-14/h2-9,11H,10,12H2,1H3,(H,20,21,25). The molecule has 0 unspecified atom stereocenters. The lowest BCUT2D eigenvalue weighted by Gasteiger charge is -2.09. The van der Waals surface area contributed by atoms with Crippen molar-refractivity contribution in [2.24, 2.45) is 0 Å². The van der Waals surface area contributed by atoms with Crippen molar-refractivity contribution in [3.05, 3.63) is 65.4 Å². The van der Waals surface area contributed by atoms with Gasteiger partial charge in [0.2, 0.25) is 11.7 Å². The number of thiazole rings is 1. The number of hydrogen-bond acceptors (Lipinski definition) is 7. The summed E-state index contributed by atoms with van der Waals surface area (Å²) in [4.78, 5) is 16.5. The Bertz CT molecular complexity index is 1060. The molecule has 1 aromatic carbocycles. The number of anilines is 1. The Balaban J connectivity index is 1.52. The Morgan fingerprint density at radius 2 is 2.07 bits per heavy atom. The fourth-order valence-corrected chi connectivity index (χ4v) is 4.03. The molecule has 0 fully saturated rings. The SMILES string of the molecule is Cc1csc(NC(=O)CSc2nnc(-c3ccco3)n2Cc2ccccc2)n1. The number of amides is 1. The molecule has 3 heterocycles. The molecule has 0 radical (unpaired) electrons. The molecule has 0 spiro atoms. The van der Waals surface area contributed by atoms with Crippen molar-refractivity contribution in [2.45, 2.75) is 18.6 Å². The molecule has 1 amide bonds. The van der Waals surface area contributed by atoms with Crippen LogP contribution in [0.4, 0.5) is 5.13 Å². The molecule has 3 aromatic heterocycles. The van der Waals surface area contributed by atoms with Gasteiger partial charge in [-0.1, -0.05) is 42.1 Å². The van der Waals surface area contributed by atoms with Crippen molar-refractivity contribution < 1.29 is 9.21 Å². The van der Waals surface area contributed by atoms with Gasteiger partial charge < -0.3 is 9.73 Å². The predicted molar refractivity (Wildman–Crippen MR) is 109 cm³/mol. The topological polar surface area (TPSA) is 85.8 Å². The molecule has 4 aromatic rings. The van der Waals surface area contributed by atoms with Crippen molar-refractivity contribution in [3.63, 3.8) is 0 Å². The molecule has 28 heavy (non-hydrogen) atoms. The molecule has 0 aliphatic heterocycles. The zero-order valence-corrected chi connectivity index (χ0v) is 16.7. The fourth-order valence-electron chi connectivity index (χ4n) is 2.59. The summed E-state index contributed by atoms with van der Waals surface area (Å²) in [6.45, 7) is 2.47. The van der Waals surface area contributed by atoms with Crippen LogP contribution in [0, 0.1) is 6.92 Å². The first-order chi connectivity index (χ1) is 13.7. The normalized spacial score (nSPS) is 10.9. The number of hydrogen-bond donors (Lipinski definition) is 1. The number of nitrogens with zero attached hydrogens (tertiary/aromatic N) is 4. The van der Waals surface area contributed by atoms with Crippen LogP contribution in [0.5, 0.6) is 0 Å². The average Bonchev–Trinajstić information content (AvgIpc) is 3.43. The van der Waals surface area contributed by atoms with Gasteiger partial charge in [-0.05, 0) is 24.6 Å². The van der Waals surface area contributed by atoms with Crippen LogP contribution >= 0.6 is 23.1 Å². The smallest absolute Gasteiger partial charge is 0.236 e.